The maximum absolute atomic E-state index is 12.4. The van der Waals surface area contributed by atoms with Crippen molar-refractivity contribution in [3.8, 4) is 0 Å². The zero-order valence-electron chi connectivity index (χ0n) is 10.4. The predicted octanol–water partition coefficient (Wildman–Crippen LogP) is 4.14. The van der Waals surface area contributed by atoms with Gasteiger partial charge in [-0.15, -0.1) is 11.3 Å². The van der Waals surface area contributed by atoms with Gasteiger partial charge in [-0.1, -0.05) is 28.1 Å². The first kappa shape index (κ1) is 12.9. The van der Waals surface area contributed by atoms with E-state index < -0.39 is 0 Å². The maximum atomic E-state index is 12.4. The number of likely N-dealkylation sites (tertiary alicyclic amines) is 1. The molecule has 1 amide bonds. The Hall–Kier alpha value is -1.13. The third kappa shape index (κ3) is 2.74. The lowest BCUT2D eigenvalue weighted by molar-refractivity contribution is 0.0791. The van der Waals surface area contributed by atoms with Crippen LogP contribution in [0.1, 0.15) is 27.6 Å². The van der Waals surface area contributed by atoms with Crippen LogP contribution in [-0.4, -0.2) is 23.9 Å². The van der Waals surface area contributed by atoms with Crippen LogP contribution in [0.2, 0.25) is 0 Å². The smallest absolute Gasteiger partial charge is 0.253 e. The number of hydrogen-bond donors (Lipinski definition) is 0. The first-order chi connectivity index (χ1) is 9.24. The summed E-state index contributed by atoms with van der Waals surface area (Å²) in [6.45, 7) is 1.69. The van der Waals surface area contributed by atoms with Gasteiger partial charge < -0.3 is 4.90 Å². The van der Waals surface area contributed by atoms with E-state index in [2.05, 4.69) is 33.4 Å². The Balaban J connectivity index is 1.73. The van der Waals surface area contributed by atoms with E-state index in [1.165, 1.54) is 4.88 Å². The van der Waals surface area contributed by atoms with Crippen molar-refractivity contribution in [2.24, 2.45) is 0 Å². The predicted molar refractivity (Wildman–Crippen MR) is 81.7 cm³/mol. The summed E-state index contributed by atoms with van der Waals surface area (Å²) in [7, 11) is 0. The van der Waals surface area contributed by atoms with Gasteiger partial charge in [-0.05, 0) is 36.1 Å². The van der Waals surface area contributed by atoms with Crippen molar-refractivity contribution in [1.82, 2.24) is 4.90 Å². The fourth-order valence-electron chi connectivity index (χ4n) is 2.50. The number of halogens is 1. The van der Waals surface area contributed by atoms with Gasteiger partial charge in [0.15, 0.2) is 0 Å². The fraction of sp³-hybridized carbons (Fsp3) is 0.267. The van der Waals surface area contributed by atoms with E-state index >= 15 is 0 Å². The summed E-state index contributed by atoms with van der Waals surface area (Å²) in [5.41, 5.74) is 0.765. The molecule has 1 aliphatic rings. The highest BCUT2D eigenvalue weighted by molar-refractivity contribution is 9.10. The Morgan fingerprint density at radius 3 is 2.95 bits per heavy atom. The number of hydrogen-bond acceptors (Lipinski definition) is 2. The Bertz CT molecular complexity index is 582. The first-order valence-corrected chi connectivity index (χ1v) is 7.99. The van der Waals surface area contributed by atoms with Gasteiger partial charge in [0.2, 0.25) is 0 Å². The van der Waals surface area contributed by atoms with Gasteiger partial charge >= 0.3 is 0 Å². The van der Waals surface area contributed by atoms with Crippen LogP contribution in [0.4, 0.5) is 0 Å². The molecule has 0 spiro atoms. The molecule has 1 aromatic heterocycles. The summed E-state index contributed by atoms with van der Waals surface area (Å²) in [6.07, 6.45) is 1.07. The highest BCUT2D eigenvalue weighted by Gasteiger charge is 2.28. The van der Waals surface area contributed by atoms with E-state index in [0.29, 0.717) is 5.92 Å². The molecule has 0 aliphatic carbocycles. The van der Waals surface area contributed by atoms with Gasteiger partial charge in [-0.25, -0.2) is 0 Å². The van der Waals surface area contributed by atoms with Gasteiger partial charge in [0.25, 0.3) is 5.91 Å². The minimum Gasteiger partial charge on any atom is -0.338 e. The zero-order valence-corrected chi connectivity index (χ0v) is 12.8. The van der Waals surface area contributed by atoms with E-state index in [0.717, 1.165) is 29.5 Å². The average molecular weight is 336 g/mol. The molecular weight excluding hydrogens is 322 g/mol. The maximum Gasteiger partial charge on any atom is 0.253 e. The van der Waals surface area contributed by atoms with Crippen molar-refractivity contribution in [1.29, 1.82) is 0 Å². The molecule has 2 aromatic rings. The number of benzene rings is 1. The molecule has 0 bridgehead atoms. The van der Waals surface area contributed by atoms with Crippen molar-refractivity contribution < 1.29 is 4.79 Å². The Labute approximate surface area is 125 Å². The Kier molecular flexibility index (Phi) is 3.71. The summed E-state index contributed by atoms with van der Waals surface area (Å²) in [5, 5.41) is 2.11. The molecule has 19 heavy (non-hydrogen) atoms. The van der Waals surface area contributed by atoms with E-state index in [1.807, 2.05) is 29.2 Å². The summed E-state index contributed by atoms with van der Waals surface area (Å²) in [4.78, 5) is 15.8. The minimum absolute atomic E-state index is 0.139. The largest absolute Gasteiger partial charge is 0.338 e. The van der Waals surface area contributed by atoms with Crippen molar-refractivity contribution in [3.05, 3.63) is 56.7 Å². The topological polar surface area (TPSA) is 20.3 Å². The lowest BCUT2D eigenvalue weighted by Gasteiger charge is -2.16. The summed E-state index contributed by atoms with van der Waals surface area (Å²) >= 11 is 5.20. The molecule has 0 radical (unpaired) electrons. The second kappa shape index (κ2) is 5.47. The lowest BCUT2D eigenvalue weighted by Crippen LogP contribution is -2.28. The number of carbonyl (C=O) groups is 1. The van der Waals surface area contributed by atoms with Crippen LogP contribution in [0, 0.1) is 0 Å². The molecular formula is C15H14BrNOS. The minimum atomic E-state index is 0.139. The summed E-state index contributed by atoms with van der Waals surface area (Å²) in [5.74, 6) is 0.649. The summed E-state index contributed by atoms with van der Waals surface area (Å²) in [6, 6.07) is 11.9. The number of thiophene rings is 1. The normalized spacial score (nSPS) is 18.8. The molecule has 0 saturated carbocycles. The highest BCUT2D eigenvalue weighted by atomic mass is 79.9. The van der Waals surface area contributed by atoms with Crippen LogP contribution >= 0.6 is 27.3 Å². The van der Waals surface area contributed by atoms with Crippen molar-refractivity contribution >= 4 is 33.2 Å². The zero-order chi connectivity index (χ0) is 13.2. The molecule has 4 heteroatoms. The Morgan fingerprint density at radius 1 is 1.32 bits per heavy atom. The average Bonchev–Trinajstić information content (AvgIpc) is 3.08. The first-order valence-electron chi connectivity index (χ1n) is 6.32. The van der Waals surface area contributed by atoms with Crippen LogP contribution in [-0.2, 0) is 0 Å². The SMILES string of the molecule is O=C(c1cccc(Br)c1)N1CCC(c2cccs2)C1. The molecule has 2 nitrogen and oxygen atoms in total. The monoisotopic (exact) mass is 335 g/mol. The molecule has 1 atom stereocenters. The standard InChI is InChI=1S/C15H14BrNOS/c16-13-4-1-3-11(9-13)15(18)17-7-6-12(10-17)14-5-2-8-19-14/h1-5,8-9,12H,6-7,10H2. The molecule has 98 valence electrons. The third-order valence-electron chi connectivity index (χ3n) is 3.49. The fourth-order valence-corrected chi connectivity index (χ4v) is 3.76. The Morgan fingerprint density at radius 2 is 2.21 bits per heavy atom. The molecule has 0 N–H and O–H groups in total. The molecule has 1 aliphatic heterocycles. The van der Waals surface area contributed by atoms with Gasteiger partial charge in [-0.2, -0.15) is 0 Å². The van der Waals surface area contributed by atoms with E-state index in [9.17, 15) is 4.79 Å². The van der Waals surface area contributed by atoms with Crippen LogP contribution < -0.4 is 0 Å². The molecule has 1 aromatic carbocycles. The number of rotatable bonds is 2. The van der Waals surface area contributed by atoms with E-state index in [-0.39, 0.29) is 5.91 Å². The number of carbonyl (C=O) groups excluding carboxylic acids is 1. The highest BCUT2D eigenvalue weighted by Crippen LogP contribution is 2.31. The molecule has 1 fully saturated rings. The van der Waals surface area contributed by atoms with Gasteiger partial charge in [0.1, 0.15) is 0 Å². The molecule has 1 unspecified atom stereocenters. The van der Waals surface area contributed by atoms with E-state index in [4.69, 9.17) is 0 Å². The molecule has 2 heterocycles. The number of amides is 1. The molecule has 3 rings (SSSR count). The van der Waals surface area contributed by atoms with Crippen LogP contribution in [0.25, 0.3) is 0 Å². The second-order valence-corrected chi connectivity index (χ2v) is 6.66. The van der Waals surface area contributed by atoms with Crippen molar-refractivity contribution in [2.75, 3.05) is 13.1 Å². The lowest BCUT2D eigenvalue weighted by atomic mass is 10.1. The van der Waals surface area contributed by atoms with Crippen molar-refractivity contribution in [2.45, 2.75) is 12.3 Å². The van der Waals surface area contributed by atoms with Crippen LogP contribution in [0.3, 0.4) is 0 Å². The third-order valence-corrected chi connectivity index (χ3v) is 5.02. The number of nitrogens with zero attached hydrogens (tertiary/aromatic N) is 1. The van der Waals surface area contributed by atoms with E-state index in [1.54, 1.807) is 11.3 Å². The quantitative estimate of drug-likeness (QED) is 0.807. The van der Waals surface area contributed by atoms with Crippen LogP contribution in [0.5, 0.6) is 0 Å². The summed E-state index contributed by atoms with van der Waals surface area (Å²) < 4.78 is 0.951. The van der Waals surface area contributed by atoms with Crippen LogP contribution in [0.15, 0.2) is 46.3 Å². The van der Waals surface area contributed by atoms with Gasteiger partial charge in [0, 0.05) is 33.9 Å². The molecule has 1 saturated heterocycles. The van der Waals surface area contributed by atoms with Crippen molar-refractivity contribution in [3.63, 3.8) is 0 Å². The van der Waals surface area contributed by atoms with Gasteiger partial charge in [-0.3, -0.25) is 4.79 Å². The second-order valence-electron chi connectivity index (χ2n) is 4.76. The van der Waals surface area contributed by atoms with Gasteiger partial charge in [0.05, 0.1) is 0 Å².